The fraction of sp³-hybridized carbons (Fsp3) is 1.00. The summed E-state index contributed by atoms with van der Waals surface area (Å²) >= 11 is 0. The summed E-state index contributed by atoms with van der Waals surface area (Å²) in [5.41, 5.74) is 0. The van der Waals surface area contributed by atoms with Gasteiger partial charge in [-0.05, 0) is 45.8 Å². The van der Waals surface area contributed by atoms with E-state index in [4.69, 9.17) is 0 Å². The van der Waals surface area contributed by atoms with Crippen LogP contribution in [-0.2, 0) is 0 Å². The van der Waals surface area contributed by atoms with Gasteiger partial charge < -0.3 is 15.1 Å². The average molecular weight is 253 g/mol. The van der Waals surface area contributed by atoms with Crippen LogP contribution in [0.4, 0.5) is 0 Å². The summed E-state index contributed by atoms with van der Waals surface area (Å²) in [5.74, 6) is 0. The molecule has 1 aliphatic heterocycles. The molecule has 0 amide bonds. The summed E-state index contributed by atoms with van der Waals surface area (Å²) in [6.07, 6.45) is 8.34. The molecule has 1 aliphatic carbocycles. The number of nitrogens with one attached hydrogen (secondary N) is 1. The van der Waals surface area contributed by atoms with Crippen LogP contribution in [0.2, 0.25) is 0 Å². The smallest absolute Gasteiger partial charge is 0.0207 e. The molecule has 1 heterocycles. The molecule has 1 saturated carbocycles. The molecule has 0 spiro atoms. The highest BCUT2D eigenvalue weighted by molar-refractivity contribution is 4.82. The average Bonchev–Trinajstić information content (AvgIpc) is 3.04. The minimum Gasteiger partial charge on any atom is -0.313 e. The Kier molecular flexibility index (Phi) is 5.93. The van der Waals surface area contributed by atoms with Crippen LogP contribution in [0.3, 0.4) is 0 Å². The first-order valence-electron chi connectivity index (χ1n) is 7.95. The second-order valence-corrected chi connectivity index (χ2v) is 6.16. The van der Waals surface area contributed by atoms with Crippen molar-refractivity contribution in [2.24, 2.45) is 0 Å². The Morgan fingerprint density at radius 3 is 2.72 bits per heavy atom. The van der Waals surface area contributed by atoms with Crippen LogP contribution in [0, 0.1) is 0 Å². The lowest BCUT2D eigenvalue weighted by atomic mass is 10.2. The number of rotatable bonds is 7. The third-order valence-electron chi connectivity index (χ3n) is 4.67. The highest BCUT2D eigenvalue weighted by Gasteiger charge is 2.23. The molecule has 2 rings (SSSR count). The quantitative estimate of drug-likeness (QED) is 0.748. The van der Waals surface area contributed by atoms with Gasteiger partial charge in [0.05, 0.1) is 0 Å². The van der Waals surface area contributed by atoms with Crippen LogP contribution in [0.5, 0.6) is 0 Å². The van der Waals surface area contributed by atoms with Crippen LogP contribution in [0.25, 0.3) is 0 Å². The zero-order valence-corrected chi connectivity index (χ0v) is 12.3. The van der Waals surface area contributed by atoms with Crippen molar-refractivity contribution in [3.05, 3.63) is 0 Å². The molecule has 1 N–H and O–H groups in total. The van der Waals surface area contributed by atoms with Gasteiger partial charge in [-0.25, -0.2) is 0 Å². The van der Waals surface area contributed by atoms with Crippen molar-refractivity contribution in [3.8, 4) is 0 Å². The molecule has 106 valence electrons. The van der Waals surface area contributed by atoms with Crippen LogP contribution in [-0.4, -0.2) is 61.7 Å². The molecule has 0 aromatic carbocycles. The van der Waals surface area contributed by atoms with Crippen molar-refractivity contribution in [1.82, 2.24) is 15.1 Å². The van der Waals surface area contributed by atoms with Crippen LogP contribution in [0.1, 0.15) is 45.4 Å². The van der Waals surface area contributed by atoms with Gasteiger partial charge in [0.2, 0.25) is 0 Å². The van der Waals surface area contributed by atoms with E-state index in [2.05, 4.69) is 29.1 Å². The predicted octanol–water partition coefficient (Wildman–Crippen LogP) is 1.93. The standard InChI is InChI=1S/C15H31N3/c1-3-9-16-14-8-10-18(13-14)12-11-17(2)15-6-4-5-7-15/h14-16H,3-13H2,1-2H3. The summed E-state index contributed by atoms with van der Waals surface area (Å²) in [5, 5.41) is 3.65. The van der Waals surface area contributed by atoms with Crippen molar-refractivity contribution in [3.63, 3.8) is 0 Å². The normalized spacial score (nSPS) is 26.5. The lowest BCUT2D eigenvalue weighted by Crippen LogP contribution is -2.38. The minimum atomic E-state index is 0.752. The van der Waals surface area contributed by atoms with Crippen molar-refractivity contribution < 1.29 is 0 Å². The first-order chi connectivity index (χ1) is 8.79. The van der Waals surface area contributed by atoms with E-state index in [1.54, 1.807) is 0 Å². The van der Waals surface area contributed by atoms with Gasteiger partial charge >= 0.3 is 0 Å². The molecule has 3 nitrogen and oxygen atoms in total. The number of nitrogens with zero attached hydrogens (tertiary/aromatic N) is 2. The van der Waals surface area contributed by atoms with Crippen molar-refractivity contribution >= 4 is 0 Å². The molecule has 0 aromatic rings. The summed E-state index contributed by atoms with van der Waals surface area (Å²) in [7, 11) is 2.32. The van der Waals surface area contributed by atoms with E-state index >= 15 is 0 Å². The fourth-order valence-corrected chi connectivity index (χ4v) is 3.38. The molecule has 0 bridgehead atoms. The maximum absolute atomic E-state index is 3.65. The van der Waals surface area contributed by atoms with E-state index in [9.17, 15) is 0 Å². The van der Waals surface area contributed by atoms with Gasteiger partial charge in [0.15, 0.2) is 0 Å². The third-order valence-corrected chi connectivity index (χ3v) is 4.67. The molecular weight excluding hydrogens is 222 g/mol. The van der Waals surface area contributed by atoms with Crippen molar-refractivity contribution in [2.45, 2.75) is 57.5 Å². The van der Waals surface area contributed by atoms with Gasteiger partial charge in [0, 0.05) is 31.7 Å². The van der Waals surface area contributed by atoms with Gasteiger partial charge in [-0.2, -0.15) is 0 Å². The Hall–Kier alpha value is -0.120. The second kappa shape index (κ2) is 7.46. The Bertz CT molecular complexity index is 226. The lowest BCUT2D eigenvalue weighted by Gasteiger charge is -2.26. The van der Waals surface area contributed by atoms with Gasteiger partial charge in [-0.1, -0.05) is 19.8 Å². The van der Waals surface area contributed by atoms with E-state index in [1.807, 2.05) is 0 Å². The first kappa shape index (κ1) is 14.3. The van der Waals surface area contributed by atoms with Crippen molar-refractivity contribution in [2.75, 3.05) is 39.8 Å². The summed E-state index contributed by atoms with van der Waals surface area (Å²) in [6.45, 7) is 8.50. The molecule has 2 fully saturated rings. The Morgan fingerprint density at radius 1 is 1.22 bits per heavy atom. The number of hydrogen-bond donors (Lipinski definition) is 1. The zero-order chi connectivity index (χ0) is 12.8. The Labute approximate surface area is 113 Å². The Balaban J connectivity index is 1.59. The summed E-state index contributed by atoms with van der Waals surface area (Å²) < 4.78 is 0. The van der Waals surface area contributed by atoms with Crippen LogP contribution >= 0.6 is 0 Å². The maximum Gasteiger partial charge on any atom is 0.0207 e. The summed E-state index contributed by atoms with van der Waals surface area (Å²) in [6, 6.07) is 1.63. The zero-order valence-electron chi connectivity index (χ0n) is 12.3. The van der Waals surface area contributed by atoms with E-state index in [0.29, 0.717) is 0 Å². The molecular formula is C15H31N3. The van der Waals surface area contributed by atoms with Gasteiger partial charge in [-0.15, -0.1) is 0 Å². The monoisotopic (exact) mass is 253 g/mol. The molecule has 18 heavy (non-hydrogen) atoms. The van der Waals surface area contributed by atoms with E-state index in [0.717, 1.165) is 12.1 Å². The van der Waals surface area contributed by atoms with Crippen LogP contribution in [0.15, 0.2) is 0 Å². The number of hydrogen-bond acceptors (Lipinski definition) is 3. The number of likely N-dealkylation sites (tertiary alicyclic amines) is 1. The molecule has 1 saturated heterocycles. The topological polar surface area (TPSA) is 18.5 Å². The Morgan fingerprint density at radius 2 is 2.00 bits per heavy atom. The molecule has 1 unspecified atom stereocenters. The maximum atomic E-state index is 3.65. The molecule has 1 atom stereocenters. The number of likely N-dealkylation sites (N-methyl/N-ethyl adjacent to an activating group) is 1. The lowest BCUT2D eigenvalue weighted by molar-refractivity contribution is 0.205. The molecule has 2 aliphatic rings. The van der Waals surface area contributed by atoms with E-state index in [-0.39, 0.29) is 0 Å². The van der Waals surface area contributed by atoms with Gasteiger partial charge in [0.1, 0.15) is 0 Å². The van der Waals surface area contributed by atoms with E-state index in [1.165, 1.54) is 71.2 Å². The minimum absolute atomic E-state index is 0.752. The first-order valence-corrected chi connectivity index (χ1v) is 7.95. The highest BCUT2D eigenvalue weighted by atomic mass is 15.2. The molecule has 3 heteroatoms. The predicted molar refractivity (Wildman–Crippen MR) is 78.0 cm³/mol. The third kappa shape index (κ3) is 4.22. The summed E-state index contributed by atoms with van der Waals surface area (Å²) in [4.78, 5) is 5.23. The highest BCUT2D eigenvalue weighted by Crippen LogP contribution is 2.22. The molecule has 0 aromatic heterocycles. The second-order valence-electron chi connectivity index (χ2n) is 6.16. The largest absolute Gasteiger partial charge is 0.313 e. The molecule has 0 radical (unpaired) electrons. The van der Waals surface area contributed by atoms with Gasteiger partial charge in [-0.3, -0.25) is 0 Å². The van der Waals surface area contributed by atoms with Crippen molar-refractivity contribution in [1.29, 1.82) is 0 Å². The fourth-order valence-electron chi connectivity index (χ4n) is 3.38. The van der Waals surface area contributed by atoms with Crippen LogP contribution < -0.4 is 5.32 Å². The SMILES string of the molecule is CCCNC1CCN(CCN(C)C2CCCC2)C1. The van der Waals surface area contributed by atoms with E-state index < -0.39 is 0 Å². The van der Waals surface area contributed by atoms with Gasteiger partial charge in [0.25, 0.3) is 0 Å².